The van der Waals surface area contributed by atoms with Gasteiger partial charge in [-0.15, -0.1) is 0 Å². The van der Waals surface area contributed by atoms with Gasteiger partial charge in [-0.1, -0.05) is 12.1 Å². The van der Waals surface area contributed by atoms with Gasteiger partial charge in [-0.05, 0) is 70.8 Å². The average molecular weight is 304 g/mol. The Morgan fingerprint density at radius 2 is 1.82 bits per heavy atom. The number of phenols is 1. The molecule has 0 bridgehead atoms. The van der Waals surface area contributed by atoms with Crippen molar-refractivity contribution in [3.05, 3.63) is 29.8 Å². The zero-order valence-corrected chi connectivity index (χ0v) is 13.9. The minimum absolute atomic E-state index is 0.151. The van der Waals surface area contributed by atoms with Gasteiger partial charge >= 0.3 is 0 Å². The lowest BCUT2D eigenvalue weighted by atomic mass is 9.92. The van der Waals surface area contributed by atoms with E-state index in [-0.39, 0.29) is 23.1 Å². The molecule has 0 radical (unpaired) electrons. The first-order valence-corrected chi connectivity index (χ1v) is 8.17. The van der Waals surface area contributed by atoms with Gasteiger partial charge in [-0.3, -0.25) is 9.69 Å². The van der Waals surface area contributed by atoms with Crippen molar-refractivity contribution in [3.63, 3.8) is 0 Å². The third-order valence-electron chi connectivity index (χ3n) is 4.46. The van der Waals surface area contributed by atoms with E-state index in [1.165, 1.54) is 0 Å². The molecule has 1 aromatic rings. The number of rotatable bonds is 4. The molecule has 0 spiro atoms. The van der Waals surface area contributed by atoms with Crippen molar-refractivity contribution in [2.45, 2.75) is 45.6 Å². The smallest absolute Gasteiger partial charge is 0.223 e. The van der Waals surface area contributed by atoms with E-state index in [1.807, 2.05) is 12.1 Å². The molecule has 0 atom stereocenters. The fourth-order valence-corrected chi connectivity index (χ4v) is 2.95. The van der Waals surface area contributed by atoms with Crippen LogP contribution in [0.4, 0.5) is 0 Å². The summed E-state index contributed by atoms with van der Waals surface area (Å²) >= 11 is 0. The van der Waals surface area contributed by atoms with Crippen LogP contribution in [0.15, 0.2) is 24.3 Å². The first kappa shape index (κ1) is 16.8. The van der Waals surface area contributed by atoms with Crippen LogP contribution in [0.1, 0.15) is 39.2 Å². The number of hydrogen-bond donors (Lipinski definition) is 2. The lowest BCUT2D eigenvalue weighted by Gasteiger charge is -2.40. The van der Waals surface area contributed by atoms with Crippen LogP contribution in [-0.2, 0) is 11.2 Å². The van der Waals surface area contributed by atoms with E-state index in [2.05, 4.69) is 31.0 Å². The number of phenolic OH excluding ortho intramolecular Hbond substituents is 1. The summed E-state index contributed by atoms with van der Waals surface area (Å²) in [6.07, 6.45) is 2.69. The number of hydrogen-bond acceptors (Lipinski definition) is 3. The minimum atomic E-state index is 0.151. The SMILES string of the molecule is CC(C)(C)N1CCC(C(=O)NCCc2ccc(O)cc2)CC1. The number of nitrogens with one attached hydrogen (secondary N) is 1. The molecule has 1 aromatic carbocycles. The van der Waals surface area contributed by atoms with Crippen molar-refractivity contribution >= 4 is 5.91 Å². The van der Waals surface area contributed by atoms with Gasteiger partial charge in [-0.25, -0.2) is 0 Å². The second kappa shape index (κ2) is 7.14. The van der Waals surface area contributed by atoms with Crippen molar-refractivity contribution in [1.82, 2.24) is 10.2 Å². The molecule has 22 heavy (non-hydrogen) atoms. The Labute approximate surface area is 133 Å². The third kappa shape index (κ3) is 4.73. The van der Waals surface area contributed by atoms with Gasteiger partial charge in [0, 0.05) is 18.0 Å². The van der Waals surface area contributed by atoms with E-state index in [0.29, 0.717) is 6.54 Å². The Morgan fingerprint density at radius 3 is 2.36 bits per heavy atom. The molecule has 4 heteroatoms. The van der Waals surface area contributed by atoms with Gasteiger partial charge in [0.15, 0.2) is 0 Å². The third-order valence-corrected chi connectivity index (χ3v) is 4.46. The quantitative estimate of drug-likeness (QED) is 0.899. The molecule has 2 N–H and O–H groups in total. The number of aromatic hydroxyl groups is 1. The van der Waals surface area contributed by atoms with Crippen molar-refractivity contribution < 1.29 is 9.90 Å². The van der Waals surface area contributed by atoms with Gasteiger partial charge in [0.1, 0.15) is 5.75 Å². The molecule has 1 saturated heterocycles. The van der Waals surface area contributed by atoms with Crippen molar-refractivity contribution in [1.29, 1.82) is 0 Å². The number of amides is 1. The van der Waals surface area contributed by atoms with Crippen molar-refractivity contribution in [2.75, 3.05) is 19.6 Å². The lowest BCUT2D eigenvalue weighted by molar-refractivity contribution is -0.126. The molecule has 2 rings (SSSR count). The van der Waals surface area contributed by atoms with Crippen LogP contribution in [0.2, 0.25) is 0 Å². The number of carbonyl (C=O) groups excluding carboxylic acids is 1. The molecule has 122 valence electrons. The zero-order chi connectivity index (χ0) is 16.2. The second-order valence-corrected chi connectivity index (χ2v) is 7.14. The highest BCUT2D eigenvalue weighted by Crippen LogP contribution is 2.23. The van der Waals surface area contributed by atoms with E-state index in [0.717, 1.165) is 37.9 Å². The second-order valence-electron chi connectivity index (χ2n) is 7.14. The number of nitrogens with zero attached hydrogens (tertiary/aromatic N) is 1. The van der Waals surface area contributed by atoms with Gasteiger partial charge < -0.3 is 10.4 Å². The molecular formula is C18H28N2O2. The molecule has 0 unspecified atom stereocenters. The van der Waals surface area contributed by atoms with Gasteiger partial charge in [0.2, 0.25) is 5.91 Å². The highest BCUT2D eigenvalue weighted by molar-refractivity contribution is 5.78. The summed E-state index contributed by atoms with van der Waals surface area (Å²) in [4.78, 5) is 14.7. The normalized spacial score (nSPS) is 17.4. The van der Waals surface area contributed by atoms with Gasteiger partial charge in [-0.2, -0.15) is 0 Å². The number of benzene rings is 1. The minimum Gasteiger partial charge on any atom is -0.508 e. The fourth-order valence-electron chi connectivity index (χ4n) is 2.95. The average Bonchev–Trinajstić information content (AvgIpc) is 2.48. The van der Waals surface area contributed by atoms with Crippen LogP contribution >= 0.6 is 0 Å². The predicted molar refractivity (Wildman–Crippen MR) is 88.9 cm³/mol. The maximum atomic E-state index is 12.2. The van der Waals surface area contributed by atoms with Crippen LogP contribution in [0, 0.1) is 5.92 Å². The van der Waals surface area contributed by atoms with Crippen LogP contribution in [-0.4, -0.2) is 41.1 Å². The standard InChI is InChI=1S/C18H28N2O2/c1-18(2,3)20-12-9-15(10-13-20)17(22)19-11-8-14-4-6-16(21)7-5-14/h4-7,15,21H,8-13H2,1-3H3,(H,19,22). The molecule has 0 aromatic heterocycles. The molecule has 4 nitrogen and oxygen atoms in total. The molecule has 1 heterocycles. The summed E-state index contributed by atoms with van der Waals surface area (Å²) in [6.45, 7) is 9.34. The molecule has 1 aliphatic rings. The Balaban J connectivity index is 1.71. The number of likely N-dealkylation sites (tertiary alicyclic amines) is 1. The molecule has 1 amide bonds. The largest absolute Gasteiger partial charge is 0.508 e. The Morgan fingerprint density at radius 1 is 1.23 bits per heavy atom. The molecule has 0 aliphatic carbocycles. The lowest BCUT2D eigenvalue weighted by Crippen LogP contribution is -2.48. The topological polar surface area (TPSA) is 52.6 Å². The van der Waals surface area contributed by atoms with Crippen LogP contribution in [0.3, 0.4) is 0 Å². The van der Waals surface area contributed by atoms with Crippen LogP contribution < -0.4 is 5.32 Å². The van der Waals surface area contributed by atoms with E-state index < -0.39 is 0 Å². The highest BCUT2D eigenvalue weighted by Gasteiger charge is 2.29. The summed E-state index contributed by atoms with van der Waals surface area (Å²) in [5.74, 6) is 0.615. The summed E-state index contributed by atoms with van der Waals surface area (Å²) in [5, 5.41) is 12.3. The Bertz CT molecular complexity index is 483. The summed E-state index contributed by atoms with van der Waals surface area (Å²) in [7, 11) is 0. The predicted octanol–water partition coefficient (Wildman–Crippen LogP) is 2.56. The summed E-state index contributed by atoms with van der Waals surface area (Å²) < 4.78 is 0. The fraction of sp³-hybridized carbons (Fsp3) is 0.611. The highest BCUT2D eigenvalue weighted by atomic mass is 16.3. The van der Waals surface area contributed by atoms with E-state index >= 15 is 0 Å². The Hall–Kier alpha value is -1.55. The van der Waals surface area contributed by atoms with E-state index in [9.17, 15) is 9.90 Å². The van der Waals surface area contributed by atoms with Crippen LogP contribution in [0.25, 0.3) is 0 Å². The first-order chi connectivity index (χ1) is 10.4. The number of carbonyl (C=O) groups is 1. The van der Waals surface area contributed by atoms with Crippen LogP contribution in [0.5, 0.6) is 5.75 Å². The van der Waals surface area contributed by atoms with Crippen molar-refractivity contribution in [2.24, 2.45) is 5.92 Å². The first-order valence-electron chi connectivity index (χ1n) is 8.17. The maximum Gasteiger partial charge on any atom is 0.223 e. The Kier molecular flexibility index (Phi) is 5.46. The van der Waals surface area contributed by atoms with E-state index in [1.54, 1.807) is 12.1 Å². The van der Waals surface area contributed by atoms with E-state index in [4.69, 9.17) is 0 Å². The monoisotopic (exact) mass is 304 g/mol. The van der Waals surface area contributed by atoms with Gasteiger partial charge in [0.25, 0.3) is 0 Å². The molecule has 0 saturated carbocycles. The molecule has 1 aliphatic heterocycles. The molecular weight excluding hydrogens is 276 g/mol. The molecule has 1 fully saturated rings. The number of piperidine rings is 1. The summed E-state index contributed by atoms with van der Waals surface area (Å²) in [6, 6.07) is 7.14. The van der Waals surface area contributed by atoms with Gasteiger partial charge in [0.05, 0.1) is 0 Å². The maximum absolute atomic E-state index is 12.2. The summed E-state index contributed by atoms with van der Waals surface area (Å²) in [5.41, 5.74) is 1.32. The zero-order valence-electron chi connectivity index (χ0n) is 13.9. The van der Waals surface area contributed by atoms with Crippen molar-refractivity contribution in [3.8, 4) is 5.75 Å².